The van der Waals surface area contributed by atoms with Crippen LogP contribution in [0.2, 0.25) is 0 Å². The number of esters is 1. The van der Waals surface area contributed by atoms with E-state index < -0.39 is 0 Å². The fourth-order valence-electron chi connectivity index (χ4n) is 4.19. The molecule has 0 amide bonds. The summed E-state index contributed by atoms with van der Waals surface area (Å²) in [4.78, 5) is 14.9. The Balaban J connectivity index is 1.87. The molecule has 2 saturated heterocycles. The topological polar surface area (TPSA) is 29.5 Å². The van der Waals surface area contributed by atoms with Gasteiger partial charge in [-0.15, -0.1) is 0 Å². The lowest BCUT2D eigenvalue weighted by atomic mass is 9.73. The summed E-state index contributed by atoms with van der Waals surface area (Å²) in [7, 11) is 0. The third-order valence-corrected chi connectivity index (χ3v) is 5.19. The summed E-state index contributed by atoms with van der Waals surface area (Å²) in [6.07, 6.45) is 4.79. The van der Waals surface area contributed by atoms with E-state index in [2.05, 4.69) is 36.1 Å². The van der Waals surface area contributed by atoms with Gasteiger partial charge < -0.3 is 4.74 Å². The van der Waals surface area contributed by atoms with Gasteiger partial charge in [0.25, 0.3) is 0 Å². The normalized spacial score (nSPS) is 30.1. The Labute approximate surface area is 127 Å². The van der Waals surface area contributed by atoms with Gasteiger partial charge in [-0.2, -0.15) is 0 Å². The van der Waals surface area contributed by atoms with E-state index in [1.807, 2.05) is 13.0 Å². The highest BCUT2D eigenvalue weighted by molar-refractivity contribution is 5.76. The minimum absolute atomic E-state index is 0.0188. The van der Waals surface area contributed by atoms with Crippen LogP contribution in [0.3, 0.4) is 0 Å². The zero-order valence-corrected chi connectivity index (χ0v) is 13.0. The standard InChI is InChI=1S/C18H25NO2/c1-3-21-18(20)17-15-9-11-16(12-10-15)19(17)13(2)14-7-5-4-6-8-14/h4-8,13,15-17H,3,9-12H2,1-2H3/t13-,15?,16?,17?/m1/s1. The van der Waals surface area contributed by atoms with Crippen LogP contribution in [0.25, 0.3) is 0 Å². The second-order valence-electron chi connectivity index (χ2n) is 6.30. The molecule has 1 aliphatic carbocycles. The summed E-state index contributed by atoms with van der Waals surface area (Å²) in [5.74, 6) is 0.454. The van der Waals surface area contributed by atoms with Crippen LogP contribution in [0.4, 0.5) is 0 Å². The molecule has 1 unspecified atom stereocenters. The van der Waals surface area contributed by atoms with E-state index in [1.54, 1.807) is 0 Å². The minimum Gasteiger partial charge on any atom is -0.465 e. The van der Waals surface area contributed by atoms with Crippen molar-refractivity contribution >= 4 is 5.97 Å². The molecule has 3 heteroatoms. The van der Waals surface area contributed by atoms with Gasteiger partial charge in [0.1, 0.15) is 6.04 Å². The first-order chi connectivity index (χ1) is 10.2. The molecular formula is C18H25NO2. The lowest BCUT2D eigenvalue weighted by Crippen LogP contribution is -2.59. The van der Waals surface area contributed by atoms with E-state index >= 15 is 0 Å². The average molecular weight is 287 g/mol. The van der Waals surface area contributed by atoms with Crippen molar-refractivity contribution in [2.75, 3.05) is 6.61 Å². The van der Waals surface area contributed by atoms with Gasteiger partial charge >= 0.3 is 5.97 Å². The van der Waals surface area contributed by atoms with Crippen LogP contribution in [-0.4, -0.2) is 29.6 Å². The van der Waals surface area contributed by atoms with Crippen molar-refractivity contribution in [1.29, 1.82) is 0 Å². The molecule has 2 atom stereocenters. The Kier molecular flexibility index (Phi) is 4.29. The Bertz CT molecular complexity index is 479. The smallest absolute Gasteiger partial charge is 0.323 e. The number of nitrogens with zero attached hydrogens (tertiary/aromatic N) is 1. The van der Waals surface area contributed by atoms with Crippen molar-refractivity contribution < 1.29 is 9.53 Å². The number of ether oxygens (including phenoxy) is 1. The number of piperidine rings is 2. The van der Waals surface area contributed by atoms with E-state index in [-0.39, 0.29) is 18.1 Å². The molecule has 0 aromatic heterocycles. The lowest BCUT2D eigenvalue weighted by Gasteiger charge is -2.52. The summed E-state index contributed by atoms with van der Waals surface area (Å²) in [5.41, 5.74) is 1.29. The molecule has 3 fully saturated rings. The SMILES string of the molecule is CCOC(=O)C1C2CCC(CC2)N1[C@H](C)c1ccccc1. The summed E-state index contributed by atoms with van der Waals surface area (Å²) in [6.45, 7) is 4.59. The van der Waals surface area contributed by atoms with Crippen LogP contribution in [0.15, 0.2) is 30.3 Å². The third-order valence-electron chi connectivity index (χ3n) is 5.19. The number of hydrogen-bond acceptors (Lipinski definition) is 3. The summed E-state index contributed by atoms with van der Waals surface area (Å²) in [5, 5.41) is 0. The van der Waals surface area contributed by atoms with Crippen LogP contribution < -0.4 is 0 Å². The van der Waals surface area contributed by atoms with Crippen LogP contribution >= 0.6 is 0 Å². The fraction of sp³-hybridized carbons (Fsp3) is 0.611. The Morgan fingerprint density at radius 1 is 1.24 bits per heavy atom. The molecule has 114 valence electrons. The van der Waals surface area contributed by atoms with E-state index in [9.17, 15) is 4.79 Å². The zero-order valence-electron chi connectivity index (χ0n) is 13.0. The quantitative estimate of drug-likeness (QED) is 0.793. The van der Waals surface area contributed by atoms with Crippen molar-refractivity contribution in [2.45, 2.75) is 57.7 Å². The second-order valence-corrected chi connectivity index (χ2v) is 6.30. The number of fused-ring (bicyclic) bond motifs is 3. The highest BCUT2D eigenvalue weighted by Crippen LogP contribution is 2.44. The Morgan fingerprint density at radius 3 is 2.52 bits per heavy atom. The van der Waals surface area contributed by atoms with Gasteiger partial charge in [-0.05, 0) is 51.0 Å². The molecule has 1 aromatic rings. The Morgan fingerprint density at radius 2 is 1.90 bits per heavy atom. The van der Waals surface area contributed by atoms with Gasteiger partial charge in [-0.1, -0.05) is 30.3 Å². The van der Waals surface area contributed by atoms with Gasteiger partial charge in [0.15, 0.2) is 0 Å². The first kappa shape index (κ1) is 14.6. The molecule has 0 radical (unpaired) electrons. The number of hydrogen-bond donors (Lipinski definition) is 0. The van der Waals surface area contributed by atoms with Gasteiger partial charge in [0.2, 0.25) is 0 Å². The monoisotopic (exact) mass is 287 g/mol. The molecule has 4 rings (SSSR count). The molecule has 0 N–H and O–H groups in total. The second kappa shape index (κ2) is 6.18. The number of carbonyl (C=O) groups is 1. The molecular weight excluding hydrogens is 262 g/mol. The molecule has 2 bridgehead atoms. The van der Waals surface area contributed by atoms with Gasteiger partial charge in [-0.3, -0.25) is 9.69 Å². The van der Waals surface area contributed by atoms with Gasteiger partial charge in [0.05, 0.1) is 6.61 Å². The molecule has 2 heterocycles. The molecule has 21 heavy (non-hydrogen) atoms. The van der Waals surface area contributed by atoms with Crippen molar-refractivity contribution in [3.63, 3.8) is 0 Å². The minimum atomic E-state index is -0.0485. The molecule has 3 aliphatic rings. The largest absolute Gasteiger partial charge is 0.465 e. The summed E-state index contributed by atoms with van der Waals surface area (Å²) >= 11 is 0. The van der Waals surface area contributed by atoms with Crippen molar-refractivity contribution in [3.05, 3.63) is 35.9 Å². The maximum atomic E-state index is 12.5. The molecule has 3 nitrogen and oxygen atoms in total. The number of rotatable bonds is 4. The fourth-order valence-corrected chi connectivity index (χ4v) is 4.19. The first-order valence-electron chi connectivity index (χ1n) is 8.21. The third kappa shape index (κ3) is 2.71. The molecule has 1 aromatic carbocycles. The summed E-state index contributed by atoms with van der Waals surface area (Å²) < 4.78 is 5.37. The Hall–Kier alpha value is -1.35. The number of benzene rings is 1. The van der Waals surface area contributed by atoms with Gasteiger partial charge in [0, 0.05) is 12.1 Å². The van der Waals surface area contributed by atoms with E-state index in [4.69, 9.17) is 4.74 Å². The zero-order chi connectivity index (χ0) is 14.8. The predicted octanol–water partition coefficient (Wildman–Crippen LogP) is 3.55. The van der Waals surface area contributed by atoms with Gasteiger partial charge in [-0.25, -0.2) is 0 Å². The summed E-state index contributed by atoms with van der Waals surface area (Å²) in [6, 6.07) is 11.3. The molecule has 0 spiro atoms. The van der Waals surface area contributed by atoms with E-state index in [1.165, 1.54) is 31.2 Å². The molecule has 2 aliphatic heterocycles. The molecule has 1 saturated carbocycles. The first-order valence-corrected chi connectivity index (χ1v) is 8.21. The average Bonchev–Trinajstić information content (AvgIpc) is 2.55. The predicted molar refractivity (Wildman–Crippen MR) is 82.9 cm³/mol. The maximum absolute atomic E-state index is 12.5. The van der Waals surface area contributed by atoms with E-state index in [0.717, 1.165) is 0 Å². The van der Waals surface area contributed by atoms with Crippen LogP contribution in [0, 0.1) is 5.92 Å². The number of carbonyl (C=O) groups excluding carboxylic acids is 1. The van der Waals surface area contributed by atoms with Crippen molar-refractivity contribution in [2.24, 2.45) is 5.92 Å². The van der Waals surface area contributed by atoms with E-state index in [0.29, 0.717) is 18.6 Å². The lowest BCUT2D eigenvalue weighted by molar-refractivity contribution is -0.161. The highest BCUT2D eigenvalue weighted by atomic mass is 16.5. The van der Waals surface area contributed by atoms with Crippen LogP contribution in [0.5, 0.6) is 0 Å². The van der Waals surface area contributed by atoms with Crippen LogP contribution in [0.1, 0.15) is 51.1 Å². The van der Waals surface area contributed by atoms with Crippen LogP contribution in [-0.2, 0) is 9.53 Å². The van der Waals surface area contributed by atoms with Crippen molar-refractivity contribution in [1.82, 2.24) is 4.90 Å². The van der Waals surface area contributed by atoms with Crippen molar-refractivity contribution in [3.8, 4) is 0 Å². The maximum Gasteiger partial charge on any atom is 0.323 e. The highest BCUT2D eigenvalue weighted by Gasteiger charge is 2.47.